The minimum absolute atomic E-state index is 0.295. The summed E-state index contributed by atoms with van der Waals surface area (Å²) in [5.74, 6) is 0.295. The van der Waals surface area contributed by atoms with Crippen LogP contribution in [0.5, 0.6) is 0 Å². The summed E-state index contributed by atoms with van der Waals surface area (Å²) in [4.78, 5) is 15.3. The van der Waals surface area contributed by atoms with Crippen LogP contribution in [-0.4, -0.2) is 22.5 Å². The van der Waals surface area contributed by atoms with Gasteiger partial charge in [0.05, 0.1) is 23.8 Å². The molecule has 0 unspecified atom stereocenters. The first-order valence-corrected chi connectivity index (χ1v) is 6.47. The maximum atomic E-state index is 11.4. The van der Waals surface area contributed by atoms with Crippen LogP contribution >= 0.6 is 0 Å². The number of benzene rings is 1. The molecule has 0 saturated carbocycles. The van der Waals surface area contributed by atoms with Crippen LogP contribution in [0.15, 0.2) is 53.8 Å². The van der Waals surface area contributed by atoms with Gasteiger partial charge in [-0.1, -0.05) is 32.0 Å². The lowest BCUT2D eigenvalue weighted by molar-refractivity contribution is 0.142. The largest absolute Gasteiger partial charge is 0.448 e. The number of nitrogens with zero attached hydrogens (tertiary/aromatic N) is 3. The molecule has 0 aliphatic carbocycles. The average molecular weight is 271 g/mol. The highest BCUT2D eigenvalue weighted by Crippen LogP contribution is 2.02. The Morgan fingerprint density at radius 3 is 2.65 bits per heavy atom. The summed E-state index contributed by atoms with van der Waals surface area (Å²) in [5.41, 5.74) is 0.946. The van der Waals surface area contributed by atoms with Crippen LogP contribution in [0.2, 0.25) is 0 Å². The molecular weight excluding hydrogens is 254 g/mol. The highest BCUT2D eigenvalue weighted by atomic mass is 16.5. The normalized spacial score (nSPS) is 11.7. The number of para-hydroxylation sites is 1. The van der Waals surface area contributed by atoms with Crippen molar-refractivity contribution in [1.82, 2.24) is 9.78 Å². The molecule has 0 bridgehead atoms. The van der Waals surface area contributed by atoms with E-state index in [-0.39, 0.29) is 0 Å². The Bertz CT molecular complexity index is 613. The van der Waals surface area contributed by atoms with Crippen molar-refractivity contribution >= 4 is 6.09 Å². The first-order chi connectivity index (χ1) is 9.65. The molecular formula is C15H17N3O2. The molecule has 0 fully saturated rings. The van der Waals surface area contributed by atoms with Crippen LogP contribution in [0.3, 0.4) is 0 Å². The van der Waals surface area contributed by atoms with Gasteiger partial charge in [-0.05, 0) is 24.1 Å². The predicted octanol–water partition coefficient (Wildman–Crippen LogP) is 2.57. The zero-order valence-corrected chi connectivity index (χ0v) is 11.6. The van der Waals surface area contributed by atoms with Crippen LogP contribution in [0.1, 0.15) is 13.8 Å². The van der Waals surface area contributed by atoms with E-state index in [2.05, 4.69) is 10.1 Å². The SMILES string of the molecule is CC(C)COC(=O)/N=c1\ccn(-c2ccccc2)nc1. The van der Waals surface area contributed by atoms with Crippen LogP contribution in [0, 0.1) is 5.92 Å². The topological polar surface area (TPSA) is 56.5 Å². The first kappa shape index (κ1) is 14.0. The number of amides is 1. The number of rotatable bonds is 3. The van der Waals surface area contributed by atoms with E-state index in [9.17, 15) is 4.79 Å². The van der Waals surface area contributed by atoms with Gasteiger partial charge < -0.3 is 4.74 Å². The van der Waals surface area contributed by atoms with Crippen molar-refractivity contribution in [2.45, 2.75) is 13.8 Å². The Kier molecular flexibility index (Phi) is 4.65. The van der Waals surface area contributed by atoms with E-state index >= 15 is 0 Å². The van der Waals surface area contributed by atoms with Gasteiger partial charge in [0.25, 0.3) is 0 Å². The molecule has 20 heavy (non-hydrogen) atoms. The third-order valence-corrected chi connectivity index (χ3v) is 2.48. The molecule has 1 aromatic heterocycles. The van der Waals surface area contributed by atoms with Gasteiger partial charge in [0, 0.05) is 6.20 Å². The number of aromatic nitrogens is 2. The lowest BCUT2D eigenvalue weighted by Crippen LogP contribution is -2.13. The van der Waals surface area contributed by atoms with Crippen LogP contribution in [-0.2, 0) is 4.74 Å². The molecule has 0 atom stereocenters. The second-order valence-electron chi connectivity index (χ2n) is 4.75. The third kappa shape index (κ3) is 4.05. The van der Waals surface area contributed by atoms with Crippen LogP contribution in [0.25, 0.3) is 5.69 Å². The van der Waals surface area contributed by atoms with Crippen molar-refractivity contribution in [3.05, 3.63) is 54.1 Å². The van der Waals surface area contributed by atoms with Crippen LogP contribution in [0.4, 0.5) is 4.79 Å². The molecule has 2 aromatic rings. The monoisotopic (exact) mass is 271 g/mol. The summed E-state index contributed by atoms with van der Waals surface area (Å²) >= 11 is 0. The molecule has 1 aromatic carbocycles. The summed E-state index contributed by atoms with van der Waals surface area (Å²) in [5, 5.41) is 4.69. The molecule has 0 saturated heterocycles. The minimum atomic E-state index is -0.585. The summed E-state index contributed by atoms with van der Waals surface area (Å²) in [7, 11) is 0. The van der Waals surface area contributed by atoms with E-state index in [1.165, 1.54) is 6.20 Å². The average Bonchev–Trinajstić information content (AvgIpc) is 2.47. The maximum absolute atomic E-state index is 11.4. The summed E-state index contributed by atoms with van der Waals surface area (Å²) in [6, 6.07) is 11.4. The zero-order chi connectivity index (χ0) is 14.4. The molecule has 0 spiro atoms. The molecule has 1 amide bonds. The Balaban J connectivity index is 2.10. The Morgan fingerprint density at radius 2 is 2.05 bits per heavy atom. The van der Waals surface area contributed by atoms with Crippen molar-refractivity contribution in [1.29, 1.82) is 0 Å². The summed E-state index contributed by atoms with van der Waals surface area (Å²) in [6.07, 6.45) is 2.70. The number of carbonyl (C=O) groups is 1. The molecule has 104 valence electrons. The third-order valence-electron chi connectivity index (χ3n) is 2.48. The van der Waals surface area contributed by atoms with Crippen molar-refractivity contribution in [3.8, 4) is 5.69 Å². The molecule has 0 aliphatic rings. The van der Waals surface area contributed by atoms with Crippen molar-refractivity contribution in [2.24, 2.45) is 10.9 Å². The lowest BCUT2D eigenvalue weighted by Gasteiger charge is -2.04. The fourth-order valence-corrected chi connectivity index (χ4v) is 1.53. The number of carbonyl (C=O) groups excluding carboxylic acids is 1. The Labute approximate surface area is 117 Å². The Morgan fingerprint density at radius 1 is 1.30 bits per heavy atom. The highest BCUT2D eigenvalue weighted by molar-refractivity contribution is 5.68. The van der Waals surface area contributed by atoms with Crippen molar-refractivity contribution < 1.29 is 9.53 Å². The highest BCUT2D eigenvalue weighted by Gasteiger charge is 2.01. The summed E-state index contributed by atoms with van der Waals surface area (Å²) in [6.45, 7) is 4.31. The number of hydrogen-bond acceptors (Lipinski definition) is 3. The van der Waals surface area contributed by atoms with Gasteiger partial charge in [-0.3, -0.25) is 0 Å². The molecule has 0 aliphatic heterocycles. The molecule has 0 N–H and O–H groups in total. The minimum Gasteiger partial charge on any atom is -0.448 e. The molecule has 5 nitrogen and oxygen atoms in total. The maximum Gasteiger partial charge on any atom is 0.434 e. The van der Waals surface area contributed by atoms with Gasteiger partial charge in [0.2, 0.25) is 0 Å². The van der Waals surface area contributed by atoms with Gasteiger partial charge in [0.1, 0.15) is 0 Å². The van der Waals surface area contributed by atoms with E-state index in [0.29, 0.717) is 17.9 Å². The fraction of sp³-hybridized carbons (Fsp3) is 0.267. The predicted molar refractivity (Wildman–Crippen MR) is 75.3 cm³/mol. The van der Waals surface area contributed by atoms with Gasteiger partial charge in [0.15, 0.2) is 0 Å². The molecule has 2 rings (SSSR count). The molecule has 1 heterocycles. The standard InChI is InChI=1S/C15H17N3O2/c1-12(2)11-20-15(19)17-13-8-9-18(16-10-13)14-6-4-3-5-7-14/h3-10,12H,11H2,1-2H3/b17-13+. The van der Waals surface area contributed by atoms with Gasteiger partial charge in [-0.25, -0.2) is 9.48 Å². The zero-order valence-electron chi connectivity index (χ0n) is 11.6. The van der Waals surface area contributed by atoms with Crippen molar-refractivity contribution in [2.75, 3.05) is 6.61 Å². The smallest absolute Gasteiger partial charge is 0.434 e. The quantitative estimate of drug-likeness (QED) is 0.862. The number of hydrogen-bond donors (Lipinski definition) is 0. The lowest BCUT2D eigenvalue weighted by atomic mass is 10.2. The second-order valence-corrected chi connectivity index (χ2v) is 4.75. The molecule has 5 heteroatoms. The summed E-state index contributed by atoms with van der Waals surface area (Å²) < 4.78 is 6.69. The number of ether oxygens (including phenoxy) is 1. The van der Waals surface area contributed by atoms with E-state index in [1.54, 1.807) is 16.9 Å². The van der Waals surface area contributed by atoms with Crippen LogP contribution < -0.4 is 5.36 Å². The first-order valence-electron chi connectivity index (χ1n) is 6.47. The fourth-order valence-electron chi connectivity index (χ4n) is 1.53. The van der Waals surface area contributed by atoms with Gasteiger partial charge >= 0.3 is 6.09 Å². The Hall–Kier alpha value is -2.43. The second kappa shape index (κ2) is 6.65. The van der Waals surface area contributed by atoms with Crippen molar-refractivity contribution in [3.63, 3.8) is 0 Å². The van der Waals surface area contributed by atoms with E-state index < -0.39 is 6.09 Å². The van der Waals surface area contributed by atoms with E-state index in [1.807, 2.05) is 44.2 Å². The molecule has 0 radical (unpaired) electrons. The van der Waals surface area contributed by atoms with E-state index in [0.717, 1.165) is 5.69 Å². The van der Waals surface area contributed by atoms with Gasteiger partial charge in [-0.2, -0.15) is 10.1 Å². The van der Waals surface area contributed by atoms with E-state index in [4.69, 9.17) is 4.74 Å². The van der Waals surface area contributed by atoms with Gasteiger partial charge in [-0.15, -0.1) is 0 Å².